The van der Waals surface area contributed by atoms with Gasteiger partial charge in [-0.25, -0.2) is 17.2 Å². The third kappa shape index (κ3) is 5.59. The van der Waals surface area contributed by atoms with E-state index in [2.05, 4.69) is 4.72 Å². The fourth-order valence-corrected chi connectivity index (χ4v) is 4.90. The van der Waals surface area contributed by atoms with Crippen LogP contribution in [0.15, 0.2) is 42.5 Å². The number of piperazine rings is 1. The van der Waals surface area contributed by atoms with E-state index in [1.807, 2.05) is 4.90 Å². The zero-order valence-corrected chi connectivity index (χ0v) is 18.5. The topological polar surface area (TPSA) is 69.7 Å². The van der Waals surface area contributed by atoms with Gasteiger partial charge in [0.25, 0.3) is 5.91 Å². The number of sulfonamides is 1. The van der Waals surface area contributed by atoms with Crippen LogP contribution in [0, 0.1) is 11.6 Å². The van der Waals surface area contributed by atoms with Crippen molar-refractivity contribution in [1.82, 2.24) is 9.80 Å². The molecule has 0 saturated carbocycles. The molecule has 0 radical (unpaired) electrons. The van der Waals surface area contributed by atoms with Crippen LogP contribution in [0.5, 0.6) is 0 Å². The van der Waals surface area contributed by atoms with Gasteiger partial charge in [0.05, 0.1) is 5.75 Å². The highest BCUT2D eigenvalue weighted by atomic mass is 32.2. The Morgan fingerprint density at radius 3 is 2.19 bits per heavy atom. The number of nitrogens with one attached hydrogen (secondary N) is 1. The first-order chi connectivity index (χ1) is 14.7. The van der Waals surface area contributed by atoms with Crippen LogP contribution < -0.4 is 4.72 Å². The van der Waals surface area contributed by atoms with Crippen molar-refractivity contribution in [3.05, 3.63) is 65.2 Å². The van der Waals surface area contributed by atoms with Crippen LogP contribution in [-0.4, -0.2) is 56.1 Å². The maximum atomic E-state index is 14.1. The van der Waals surface area contributed by atoms with E-state index >= 15 is 0 Å². The van der Waals surface area contributed by atoms with Crippen LogP contribution in [0.25, 0.3) is 0 Å². The molecular formula is C22H29F2N3O3S. The largest absolute Gasteiger partial charge is 0.336 e. The number of hydrogen-bond acceptors (Lipinski definition) is 4. The van der Waals surface area contributed by atoms with E-state index in [1.165, 1.54) is 18.2 Å². The number of carbonyl (C=O) groups excluding carboxylic acids is 1. The van der Waals surface area contributed by atoms with Gasteiger partial charge in [0.1, 0.15) is 11.6 Å². The molecule has 1 N–H and O–H groups in total. The molecule has 1 heterocycles. The Bertz CT molecular complexity index is 1010. The van der Waals surface area contributed by atoms with Crippen molar-refractivity contribution in [3.63, 3.8) is 0 Å². The molecule has 3 rings (SSSR count). The van der Waals surface area contributed by atoms with Crippen molar-refractivity contribution in [3.8, 4) is 0 Å². The molecule has 0 bridgehead atoms. The number of rotatable bonds is 7. The van der Waals surface area contributed by atoms with Gasteiger partial charge in [-0.15, -0.1) is 0 Å². The smallest absolute Gasteiger partial charge is 0.253 e. The molecule has 0 spiro atoms. The summed E-state index contributed by atoms with van der Waals surface area (Å²) >= 11 is 0. The van der Waals surface area contributed by atoms with Crippen LogP contribution in [0.1, 0.15) is 43.7 Å². The summed E-state index contributed by atoms with van der Waals surface area (Å²) in [7, 11) is -3.39. The second-order valence-corrected chi connectivity index (χ2v) is 9.48. The molecule has 31 heavy (non-hydrogen) atoms. The number of amides is 1. The van der Waals surface area contributed by atoms with Gasteiger partial charge >= 0.3 is 0 Å². The number of nitrogens with zero attached hydrogens (tertiary/aromatic N) is 2. The molecule has 170 valence electrons. The zero-order chi connectivity index (χ0) is 22.6. The third-order valence-corrected chi connectivity index (χ3v) is 6.94. The Kier molecular flexibility index (Phi) is 7.27. The number of hydrogen-bond donors (Lipinski definition) is 1. The van der Waals surface area contributed by atoms with Crippen LogP contribution in [0.2, 0.25) is 0 Å². The van der Waals surface area contributed by atoms with Gasteiger partial charge in [-0.05, 0) is 49.7 Å². The van der Waals surface area contributed by atoms with Crippen molar-refractivity contribution >= 4 is 21.6 Å². The summed E-state index contributed by atoms with van der Waals surface area (Å²) in [4.78, 5) is 16.4. The standard InChI is InChI=1S/C22H27F2N3O3S.H2/c1-3-15-31(29,30)25-18-9-7-17(8-10-18)22(28)27-13-11-26(12-14-27)16(2)21-19(23)5-4-6-20(21)24;/h4-10,16,25H,3,11-15H2,1-2H3;1H. The molecular weight excluding hydrogens is 424 g/mol. The number of carbonyl (C=O) groups is 1. The van der Waals surface area contributed by atoms with Crippen molar-refractivity contribution in [2.24, 2.45) is 0 Å². The average Bonchev–Trinajstić information content (AvgIpc) is 2.73. The van der Waals surface area contributed by atoms with Crippen molar-refractivity contribution in [2.45, 2.75) is 26.3 Å². The van der Waals surface area contributed by atoms with E-state index in [0.29, 0.717) is 43.9 Å². The van der Waals surface area contributed by atoms with E-state index in [1.54, 1.807) is 43.0 Å². The third-order valence-electron chi connectivity index (χ3n) is 5.44. The lowest BCUT2D eigenvalue weighted by Gasteiger charge is -2.38. The molecule has 2 aromatic carbocycles. The second kappa shape index (κ2) is 9.74. The molecule has 6 nitrogen and oxygen atoms in total. The first kappa shape index (κ1) is 23.1. The van der Waals surface area contributed by atoms with Gasteiger partial charge in [0, 0.05) is 50.5 Å². The number of benzene rings is 2. The van der Waals surface area contributed by atoms with E-state index < -0.39 is 27.7 Å². The average molecular weight is 454 g/mol. The predicted molar refractivity (Wildman–Crippen MR) is 119 cm³/mol. The fraction of sp³-hybridized carbons (Fsp3) is 0.409. The minimum atomic E-state index is -3.39. The molecule has 1 aliphatic rings. The van der Waals surface area contributed by atoms with E-state index in [9.17, 15) is 22.0 Å². The molecule has 1 amide bonds. The molecule has 1 aliphatic heterocycles. The van der Waals surface area contributed by atoms with E-state index in [-0.39, 0.29) is 18.7 Å². The molecule has 1 atom stereocenters. The van der Waals surface area contributed by atoms with Crippen LogP contribution in [-0.2, 0) is 10.0 Å². The predicted octanol–water partition coefficient (Wildman–Crippen LogP) is 3.88. The highest BCUT2D eigenvalue weighted by Gasteiger charge is 2.28. The maximum Gasteiger partial charge on any atom is 0.253 e. The lowest BCUT2D eigenvalue weighted by Crippen LogP contribution is -2.49. The minimum absolute atomic E-state index is 0. The number of halogens is 2. The fourth-order valence-electron chi connectivity index (χ4n) is 3.77. The van der Waals surface area contributed by atoms with E-state index in [4.69, 9.17) is 0 Å². The molecule has 9 heteroatoms. The summed E-state index contributed by atoms with van der Waals surface area (Å²) in [5.74, 6) is -1.26. The van der Waals surface area contributed by atoms with Crippen molar-refractivity contribution in [2.75, 3.05) is 36.7 Å². The van der Waals surface area contributed by atoms with Gasteiger partial charge in [-0.2, -0.15) is 0 Å². The Balaban J connectivity index is 0.00000363. The first-order valence-electron chi connectivity index (χ1n) is 10.3. The van der Waals surface area contributed by atoms with Crippen LogP contribution >= 0.6 is 0 Å². The Hall–Kier alpha value is -2.52. The second-order valence-electron chi connectivity index (χ2n) is 7.64. The highest BCUT2D eigenvalue weighted by Crippen LogP contribution is 2.27. The SMILES string of the molecule is CCCS(=O)(=O)Nc1ccc(C(=O)N2CCN(C(C)c3c(F)cccc3F)CC2)cc1.[HH]. The summed E-state index contributed by atoms with van der Waals surface area (Å²) in [6, 6.07) is 9.73. The maximum absolute atomic E-state index is 14.1. The molecule has 1 fully saturated rings. The van der Waals surface area contributed by atoms with Gasteiger partial charge in [-0.1, -0.05) is 13.0 Å². The van der Waals surface area contributed by atoms with Gasteiger partial charge in [-0.3, -0.25) is 14.4 Å². The first-order valence-corrected chi connectivity index (χ1v) is 11.9. The summed E-state index contributed by atoms with van der Waals surface area (Å²) in [6.45, 7) is 5.41. The summed E-state index contributed by atoms with van der Waals surface area (Å²) < 4.78 is 54.4. The molecule has 0 aromatic heterocycles. The Morgan fingerprint density at radius 2 is 1.65 bits per heavy atom. The van der Waals surface area contributed by atoms with Crippen molar-refractivity contribution < 1.29 is 23.4 Å². The van der Waals surface area contributed by atoms with Crippen LogP contribution in [0.4, 0.5) is 14.5 Å². The monoisotopic (exact) mass is 453 g/mol. The van der Waals surface area contributed by atoms with E-state index in [0.717, 1.165) is 0 Å². The van der Waals surface area contributed by atoms with Gasteiger partial charge in [0.15, 0.2) is 0 Å². The summed E-state index contributed by atoms with van der Waals surface area (Å²) in [6.07, 6.45) is 0.514. The summed E-state index contributed by atoms with van der Waals surface area (Å²) in [5, 5.41) is 0. The van der Waals surface area contributed by atoms with Gasteiger partial charge < -0.3 is 4.90 Å². The zero-order valence-electron chi connectivity index (χ0n) is 17.6. The van der Waals surface area contributed by atoms with Crippen LogP contribution in [0.3, 0.4) is 0 Å². The Morgan fingerprint density at radius 1 is 1.06 bits per heavy atom. The summed E-state index contributed by atoms with van der Waals surface area (Å²) in [5.41, 5.74) is 0.916. The minimum Gasteiger partial charge on any atom is -0.336 e. The molecule has 2 aromatic rings. The highest BCUT2D eigenvalue weighted by molar-refractivity contribution is 7.92. The lowest BCUT2D eigenvalue weighted by molar-refractivity contribution is 0.0576. The normalized spacial score (nSPS) is 16.2. The molecule has 0 aliphatic carbocycles. The lowest BCUT2D eigenvalue weighted by atomic mass is 10.0. The van der Waals surface area contributed by atoms with Crippen molar-refractivity contribution in [1.29, 1.82) is 0 Å². The number of anilines is 1. The van der Waals surface area contributed by atoms with Gasteiger partial charge in [0.2, 0.25) is 10.0 Å². The molecule has 1 unspecified atom stereocenters. The Labute approximate surface area is 183 Å². The molecule has 1 saturated heterocycles. The quantitative estimate of drug-likeness (QED) is 0.691.